The molecule has 0 radical (unpaired) electrons. The van der Waals surface area contributed by atoms with Crippen LogP contribution in [0.25, 0.3) is 0 Å². The third-order valence-electron chi connectivity index (χ3n) is 2.83. The van der Waals surface area contributed by atoms with Crippen molar-refractivity contribution < 1.29 is 19.0 Å². The molecule has 1 aliphatic rings. The van der Waals surface area contributed by atoms with Crippen LogP contribution < -0.4 is 5.73 Å². The molecule has 1 aliphatic heterocycles. The van der Waals surface area contributed by atoms with E-state index in [1.165, 1.54) is 19.6 Å². The Morgan fingerprint density at radius 3 is 2.74 bits per heavy atom. The zero-order valence-electron chi connectivity index (χ0n) is 10.4. The highest BCUT2D eigenvalue weighted by atomic mass is 35.5. The topological polar surface area (TPSA) is 70.8 Å². The van der Waals surface area contributed by atoms with Crippen molar-refractivity contribution in [2.75, 3.05) is 12.8 Å². The minimum atomic E-state index is -1.12. The molecular formula is C13H14ClNO4. The van der Waals surface area contributed by atoms with Crippen LogP contribution in [-0.2, 0) is 25.4 Å². The predicted molar refractivity (Wildman–Crippen MR) is 70.2 cm³/mol. The lowest BCUT2D eigenvalue weighted by atomic mass is 10.0. The fourth-order valence-corrected chi connectivity index (χ4v) is 2.06. The smallest absolute Gasteiger partial charge is 0.313 e. The highest BCUT2D eigenvalue weighted by molar-refractivity contribution is 6.30. The summed E-state index contributed by atoms with van der Waals surface area (Å²) in [5.41, 5.74) is 7.20. The second kappa shape index (κ2) is 5.40. The zero-order chi connectivity index (χ0) is 13.9. The van der Waals surface area contributed by atoms with Crippen LogP contribution in [0.1, 0.15) is 12.0 Å². The number of halogens is 1. The van der Waals surface area contributed by atoms with E-state index >= 15 is 0 Å². The van der Waals surface area contributed by atoms with Gasteiger partial charge in [0.05, 0.1) is 13.5 Å². The van der Waals surface area contributed by atoms with E-state index in [9.17, 15) is 4.79 Å². The molecule has 0 atom stereocenters. The summed E-state index contributed by atoms with van der Waals surface area (Å²) < 4.78 is 15.5. The van der Waals surface area contributed by atoms with E-state index in [0.29, 0.717) is 17.1 Å². The number of hydrogen-bond donors (Lipinski definition) is 1. The van der Waals surface area contributed by atoms with Crippen molar-refractivity contribution in [1.82, 2.24) is 0 Å². The highest BCUT2D eigenvalue weighted by Crippen LogP contribution is 2.32. The molecule has 1 aromatic carbocycles. The van der Waals surface area contributed by atoms with Gasteiger partial charge >= 0.3 is 5.97 Å². The maximum absolute atomic E-state index is 11.4. The zero-order valence-corrected chi connectivity index (χ0v) is 11.1. The first kappa shape index (κ1) is 13.5. The summed E-state index contributed by atoms with van der Waals surface area (Å²) in [6.07, 6.45) is 3.04. The van der Waals surface area contributed by atoms with Gasteiger partial charge in [-0.3, -0.25) is 4.79 Å². The maximum Gasteiger partial charge on any atom is 0.313 e. The molecule has 0 unspecified atom stereocenters. The van der Waals surface area contributed by atoms with Gasteiger partial charge in [0.1, 0.15) is 18.9 Å². The molecule has 5 nitrogen and oxygen atoms in total. The molecule has 19 heavy (non-hydrogen) atoms. The molecule has 0 aromatic heterocycles. The largest absolute Gasteiger partial charge is 0.469 e. The summed E-state index contributed by atoms with van der Waals surface area (Å²) in [7, 11) is 1.31. The first-order valence-electron chi connectivity index (χ1n) is 5.66. The molecule has 1 aromatic rings. The molecule has 0 aliphatic carbocycles. The van der Waals surface area contributed by atoms with Crippen LogP contribution in [0.2, 0.25) is 5.02 Å². The predicted octanol–water partition coefficient (Wildman–Crippen LogP) is 2.24. The van der Waals surface area contributed by atoms with Gasteiger partial charge in [-0.2, -0.15) is 0 Å². The summed E-state index contributed by atoms with van der Waals surface area (Å²) in [6, 6.07) is 5.12. The Kier molecular flexibility index (Phi) is 3.85. The molecule has 0 spiro atoms. The average molecular weight is 284 g/mol. The van der Waals surface area contributed by atoms with Crippen LogP contribution in [0.15, 0.2) is 30.7 Å². The Hall–Kier alpha value is -1.88. The SMILES string of the molecule is COC(=O)CC1(Cc2cc(Cl)ccc2N)OC=CO1. The number of ether oxygens (including phenoxy) is 3. The Balaban J connectivity index is 2.21. The molecule has 0 fully saturated rings. The molecule has 6 heteroatoms. The standard InChI is InChI=1S/C13H14ClNO4/c1-17-12(16)8-13(18-4-5-19-13)7-9-6-10(14)2-3-11(9)15/h2-6H,7-8,15H2,1H3. The van der Waals surface area contributed by atoms with E-state index in [1.807, 2.05) is 0 Å². The summed E-state index contributed by atoms with van der Waals surface area (Å²) in [4.78, 5) is 11.4. The number of carbonyl (C=O) groups is 1. The Labute approximate surface area is 115 Å². The molecule has 0 amide bonds. The molecule has 102 valence electrons. The number of benzene rings is 1. The lowest BCUT2D eigenvalue weighted by Gasteiger charge is -2.27. The molecule has 1 heterocycles. The van der Waals surface area contributed by atoms with E-state index in [-0.39, 0.29) is 6.42 Å². The van der Waals surface area contributed by atoms with Crippen LogP contribution in [0.3, 0.4) is 0 Å². The van der Waals surface area contributed by atoms with Gasteiger partial charge in [-0.05, 0) is 23.8 Å². The monoisotopic (exact) mass is 283 g/mol. The van der Waals surface area contributed by atoms with E-state index in [0.717, 1.165) is 5.56 Å². The van der Waals surface area contributed by atoms with E-state index in [4.69, 9.17) is 26.8 Å². The van der Waals surface area contributed by atoms with Crippen molar-refractivity contribution >= 4 is 23.3 Å². The lowest BCUT2D eigenvalue weighted by Crippen LogP contribution is -2.36. The van der Waals surface area contributed by atoms with Gasteiger partial charge in [-0.1, -0.05) is 11.6 Å². The van der Waals surface area contributed by atoms with Gasteiger partial charge in [0, 0.05) is 10.7 Å². The Bertz CT molecular complexity index is 507. The van der Waals surface area contributed by atoms with Crippen LogP contribution in [0, 0.1) is 0 Å². The Morgan fingerprint density at radius 2 is 2.11 bits per heavy atom. The average Bonchev–Trinajstić information content (AvgIpc) is 2.82. The molecule has 0 saturated heterocycles. The maximum atomic E-state index is 11.4. The molecule has 2 N–H and O–H groups in total. The number of anilines is 1. The van der Waals surface area contributed by atoms with Gasteiger partial charge < -0.3 is 19.9 Å². The molecular weight excluding hydrogens is 270 g/mol. The van der Waals surface area contributed by atoms with Crippen molar-refractivity contribution in [3.05, 3.63) is 41.3 Å². The number of esters is 1. The van der Waals surface area contributed by atoms with Crippen LogP contribution >= 0.6 is 11.6 Å². The molecule has 0 saturated carbocycles. The van der Waals surface area contributed by atoms with Crippen LogP contribution in [-0.4, -0.2) is 18.9 Å². The molecule has 2 rings (SSSR count). The van der Waals surface area contributed by atoms with Crippen molar-refractivity contribution in [2.45, 2.75) is 18.6 Å². The van der Waals surface area contributed by atoms with Gasteiger partial charge in [0.15, 0.2) is 0 Å². The van der Waals surface area contributed by atoms with Crippen LogP contribution in [0.5, 0.6) is 0 Å². The fourth-order valence-electron chi connectivity index (χ4n) is 1.87. The second-order valence-electron chi connectivity index (χ2n) is 4.19. The van der Waals surface area contributed by atoms with Crippen LogP contribution in [0.4, 0.5) is 5.69 Å². The summed E-state index contributed by atoms with van der Waals surface area (Å²) >= 11 is 5.94. The third-order valence-corrected chi connectivity index (χ3v) is 3.06. The van der Waals surface area contributed by atoms with Crippen molar-refractivity contribution in [1.29, 1.82) is 0 Å². The van der Waals surface area contributed by atoms with E-state index in [2.05, 4.69) is 4.74 Å². The summed E-state index contributed by atoms with van der Waals surface area (Å²) in [5.74, 6) is -1.55. The molecule has 0 bridgehead atoms. The van der Waals surface area contributed by atoms with E-state index < -0.39 is 11.8 Å². The normalized spacial score (nSPS) is 15.7. The minimum absolute atomic E-state index is 0.0392. The number of rotatable bonds is 4. The lowest BCUT2D eigenvalue weighted by molar-refractivity contribution is -0.172. The Morgan fingerprint density at radius 1 is 1.42 bits per heavy atom. The van der Waals surface area contributed by atoms with E-state index in [1.54, 1.807) is 18.2 Å². The van der Waals surface area contributed by atoms with Crippen molar-refractivity contribution in [2.24, 2.45) is 0 Å². The number of nitrogens with two attached hydrogens (primary N) is 1. The summed E-state index contributed by atoms with van der Waals surface area (Å²) in [6.45, 7) is 0. The van der Waals surface area contributed by atoms with Gasteiger partial charge in [0.2, 0.25) is 0 Å². The first-order chi connectivity index (χ1) is 9.04. The van der Waals surface area contributed by atoms with Crippen molar-refractivity contribution in [3.8, 4) is 0 Å². The summed E-state index contributed by atoms with van der Waals surface area (Å²) in [5, 5.41) is 0.559. The number of hydrogen-bond acceptors (Lipinski definition) is 5. The van der Waals surface area contributed by atoms with Gasteiger partial charge in [0.25, 0.3) is 5.79 Å². The van der Waals surface area contributed by atoms with Gasteiger partial charge in [-0.25, -0.2) is 0 Å². The first-order valence-corrected chi connectivity index (χ1v) is 6.04. The van der Waals surface area contributed by atoms with Crippen molar-refractivity contribution in [3.63, 3.8) is 0 Å². The number of methoxy groups -OCH3 is 1. The quantitative estimate of drug-likeness (QED) is 0.678. The number of nitrogen functional groups attached to an aromatic ring is 1. The second-order valence-corrected chi connectivity index (χ2v) is 4.63. The highest BCUT2D eigenvalue weighted by Gasteiger charge is 2.39. The fraction of sp³-hybridized carbons (Fsp3) is 0.308. The van der Waals surface area contributed by atoms with Gasteiger partial charge in [-0.15, -0.1) is 0 Å². The minimum Gasteiger partial charge on any atom is -0.469 e. The number of carbonyl (C=O) groups excluding carboxylic acids is 1. The third kappa shape index (κ3) is 3.12.